The van der Waals surface area contributed by atoms with Gasteiger partial charge in [-0.15, -0.1) is 0 Å². The number of halogens is 1. The Kier molecular flexibility index (Phi) is 3.70. The number of hydrogen-bond acceptors (Lipinski definition) is 2. The lowest BCUT2D eigenvalue weighted by Gasteiger charge is -2.08. The second-order valence-corrected chi connectivity index (χ2v) is 5.78. The molecule has 1 aromatic heterocycles. The van der Waals surface area contributed by atoms with Crippen LogP contribution in [0.1, 0.15) is 11.3 Å². The summed E-state index contributed by atoms with van der Waals surface area (Å²) in [6.07, 6.45) is 1.92. The molecule has 0 aliphatic rings. The Labute approximate surface area is 127 Å². The minimum atomic E-state index is 0.787. The predicted molar refractivity (Wildman–Crippen MR) is 87.9 cm³/mol. The van der Waals surface area contributed by atoms with E-state index in [-0.39, 0.29) is 0 Å². The maximum atomic E-state index is 4.31. The molecule has 20 heavy (non-hydrogen) atoms. The first kappa shape index (κ1) is 13.1. The van der Waals surface area contributed by atoms with Crippen molar-refractivity contribution in [3.8, 4) is 0 Å². The smallest absolute Gasteiger partial charge is 0.0416 e. The molecule has 0 aliphatic heterocycles. The van der Waals surface area contributed by atoms with Crippen LogP contribution in [0.4, 0.5) is 5.69 Å². The summed E-state index contributed by atoms with van der Waals surface area (Å²) in [6, 6.07) is 16.9. The van der Waals surface area contributed by atoms with Crippen molar-refractivity contribution in [2.75, 3.05) is 5.32 Å². The van der Waals surface area contributed by atoms with E-state index in [1.165, 1.54) is 16.3 Å². The van der Waals surface area contributed by atoms with Gasteiger partial charge < -0.3 is 5.32 Å². The Morgan fingerprint density at radius 2 is 1.80 bits per heavy atom. The number of pyridine rings is 1. The highest BCUT2D eigenvalue weighted by Crippen LogP contribution is 2.23. The maximum Gasteiger partial charge on any atom is 0.0416 e. The van der Waals surface area contributed by atoms with Crippen LogP contribution in [0.3, 0.4) is 0 Å². The van der Waals surface area contributed by atoms with Gasteiger partial charge >= 0.3 is 0 Å². The van der Waals surface area contributed by atoms with Crippen LogP contribution in [-0.4, -0.2) is 4.98 Å². The van der Waals surface area contributed by atoms with E-state index in [9.17, 15) is 0 Å². The van der Waals surface area contributed by atoms with Gasteiger partial charge in [0.25, 0.3) is 0 Å². The minimum Gasteiger partial charge on any atom is -0.381 e. The first-order chi connectivity index (χ1) is 9.70. The molecule has 0 radical (unpaired) electrons. The second-order valence-electron chi connectivity index (χ2n) is 4.87. The quantitative estimate of drug-likeness (QED) is 0.739. The maximum absolute atomic E-state index is 4.31. The van der Waals surface area contributed by atoms with Crippen molar-refractivity contribution < 1.29 is 0 Å². The van der Waals surface area contributed by atoms with E-state index >= 15 is 0 Å². The highest BCUT2D eigenvalue weighted by atomic mass is 79.9. The average Bonchev–Trinajstić information content (AvgIpc) is 2.46. The molecule has 0 saturated heterocycles. The van der Waals surface area contributed by atoms with Gasteiger partial charge in [-0.05, 0) is 53.6 Å². The van der Waals surface area contributed by atoms with E-state index in [0.717, 1.165) is 22.4 Å². The normalized spacial score (nSPS) is 10.7. The van der Waals surface area contributed by atoms with E-state index in [1.54, 1.807) is 0 Å². The number of aromatic nitrogens is 1. The lowest BCUT2D eigenvalue weighted by molar-refractivity contribution is 1.09. The van der Waals surface area contributed by atoms with Crippen LogP contribution in [0.25, 0.3) is 10.8 Å². The van der Waals surface area contributed by atoms with Crippen molar-refractivity contribution in [1.82, 2.24) is 4.98 Å². The van der Waals surface area contributed by atoms with Gasteiger partial charge in [-0.1, -0.05) is 34.1 Å². The van der Waals surface area contributed by atoms with Crippen molar-refractivity contribution >= 4 is 32.4 Å². The van der Waals surface area contributed by atoms with Crippen molar-refractivity contribution in [3.63, 3.8) is 0 Å². The summed E-state index contributed by atoms with van der Waals surface area (Å²) < 4.78 is 1.11. The molecule has 1 N–H and O–H groups in total. The molecule has 0 saturated carbocycles. The molecule has 0 bridgehead atoms. The van der Waals surface area contributed by atoms with Crippen molar-refractivity contribution in [2.24, 2.45) is 0 Å². The van der Waals surface area contributed by atoms with Crippen LogP contribution < -0.4 is 5.32 Å². The number of anilines is 1. The first-order valence-electron chi connectivity index (χ1n) is 6.55. The number of nitrogens with zero attached hydrogens (tertiary/aromatic N) is 1. The van der Waals surface area contributed by atoms with Gasteiger partial charge in [0, 0.05) is 28.6 Å². The SMILES string of the molecule is Cc1ccc(CNc2ccc3cc(Br)ccc3c2)cn1. The fraction of sp³-hybridized carbons (Fsp3) is 0.118. The van der Waals surface area contributed by atoms with Crippen molar-refractivity contribution in [2.45, 2.75) is 13.5 Å². The number of benzene rings is 2. The molecule has 0 spiro atoms. The van der Waals surface area contributed by atoms with Crippen LogP contribution >= 0.6 is 15.9 Å². The molecule has 0 amide bonds. The topological polar surface area (TPSA) is 24.9 Å². The predicted octanol–water partition coefficient (Wildman–Crippen LogP) is 4.92. The molecule has 0 atom stereocenters. The van der Waals surface area contributed by atoms with Gasteiger partial charge in [0.05, 0.1) is 0 Å². The summed E-state index contributed by atoms with van der Waals surface area (Å²) in [5.41, 5.74) is 3.36. The summed E-state index contributed by atoms with van der Waals surface area (Å²) in [6.45, 7) is 2.79. The standard InChI is InChI=1S/C17H15BrN2/c1-12-2-3-13(10-19-12)11-20-17-7-5-14-8-16(18)6-4-15(14)9-17/h2-10,20H,11H2,1H3. The Bertz CT molecular complexity index is 736. The van der Waals surface area contributed by atoms with Gasteiger partial charge in [0.1, 0.15) is 0 Å². The molecule has 2 aromatic carbocycles. The molecular weight excluding hydrogens is 312 g/mol. The zero-order chi connectivity index (χ0) is 13.9. The molecule has 2 nitrogen and oxygen atoms in total. The fourth-order valence-corrected chi connectivity index (χ4v) is 2.51. The molecule has 0 unspecified atom stereocenters. The number of fused-ring (bicyclic) bond motifs is 1. The number of hydrogen-bond donors (Lipinski definition) is 1. The molecule has 3 heteroatoms. The molecular formula is C17H15BrN2. The average molecular weight is 327 g/mol. The Morgan fingerprint density at radius 3 is 2.60 bits per heavy atom. The summed E-state index contributed by atoms with van der Waals surface area (Å²) in [7, 11) is 0. The highest BCUT2D eigenvalue weighted by Gasteiger charge is 1.98. The zero-order valence-corrected chi connectivity index (χ0v) is 12.8. The zero-order valence-electron chi connectivity index (χ0n) is 11.2. The lowest BCUT2D eigenvalue weighted by Crippen LogP contribution is -1.99. The molecule has 100 valence electrons. The third kappa shape index (κ3) is 2.99. The van der Waals surface area contributed by atoms with Gasteiger partial charge in [-0.2, -0.15) is 0 Å². The van der Waals surface area contributed by atoms with E-state index in [4.69, 9.17) is 0 Å². The van der Waals surface area contributed by atoms with Gasteiger partial charge in [-0.3, -0.25) is 4.98 Å². The summed E-state index contributed by atoms with van der Waals surface area (Å²) in [5, 5.41) is 5.91. The summed E-state index contributed by atoms with van der Waals surface area (Å²) in [5.74, 6) is 0. The van der Waals surface area contributed by atoms with E-state index in [0.29, 0.717) is 0 Å². The largest absolute Gasteiger partial charge is 0.381 e. The van der Waals surface area contributed by atoms with Crippen LogP contribution in [0.2, 0.25) is 0 Å². The highest BCUT2D eigenvalue weighted by molar-refractivity contribution is 9.10. The molecule has 0 fully saturated rings. The van der Waals surface area contributed by atoms with Gasteiger partial charge in [0.15, 0.2) is 0 Å². The van der Waals surface area contributed by atoms with Crippen molar-refractivity contribution in [1.29, 1.82) is 0 Å². The third-order valence-electron chi connectivity index (χ3n) is 3.27. The Hall–Kier alpha value is -1.87. The lowest BCUT2D eigenvalue weighted by atomic mass is 10.1. The summed E-state index contributed by atoms with van der Waals surface area (Å²) in [4.78, 5) is 4.31. The fourth-order valence-electron chi connectivity index (χ4n) is 2.13. The van der Waals surface area contributed by atoms with Crippen LogP contribution in [0.15, 0.2) is 59.2 Å². The van der Waals surface area contributed by atoms with Gasteiger partial charge in [0.2, 0.25) is 0 Å². The van der Waals surface area contributed by atoms with E-state index < -0.39 is 0 Å². The second kappa shape index (κ2) is 5.63. The molecule has 3 aromatic rings. The number of rotatable bonds is 3. The summed E-state index contributed by atoms with van der Waals surface area (Å²) >= 11 is 3.50. The molecule has 1 heterocycles. The molecule has 0 aliphatic carbocycles. The Morgan fingerprint density at radius 1 is 1.00 bits per heavy atom. The minimum absolute atomic E-state index is 0.787. The van der Waals surface area contributed by atoms with Crippen LogP contribution in [-0.2, 0) is 6.54 Å². The number of nitrogens with one attached hydrogen (secondary N) is 1. The van der Waals surface area contributed by atoms with E-state index in [2.05, 4.69) is 68.7 Å². The van der Waals surface area contributed by atoms with Crippen molar-refractivity contribution in [3.05, 3.63) is 70.5 Å². The molecule has 3 rings (SSSR count). The monoisotopic (exact) mass is 326 g/mol. The first-order valence-corrected chi connectivity index (χ1v) is 7.35. The van der Waals surface area contributed by atoms with Crippen LogP contribution in [0.5, 0.6) is 0 Å². The van der Waals surface area contributed by atoms with E-state index in [1.807, 2.05) is 19.2 Å². The number of aryl methyl sites for hydroxylation is 1. The Balaban J connectivity index is 1.77. The van der Waals surface area contributed by atoms with Gasteiger partial charge in [-0.25, -0.2) is 0 Å². The third-order valence-corrected chi connectivity index (χ3v) is 3.76. The van der Waals surface area contributed by atoms with Crippen LogP contribution in [0, 0.1) is 6.92 Å².